The van der Waals surface area contributed by atoms with E-state index in [1.165, 1.54) is 6.08 Å². The maximum atomic E-state index is 11.9. The third kappa shape index (κ3) is 5.58. The Morgan fingerprint density at radius 2 is 1.83 bits per heavy atom. The van der Waals surface area contributed by atoms with E-state index in [0.29, 0.717) is 13.1 Å². The first-order valence-electron chi connectivity index (χ1n) is 7.90. The van der Waals surface area contributed by atoms with Crippen LogP contribution in [0.3, 0.4) is 0 Å². The van der Waals surface area contributed by atoms with Crippen molar-refractivity contribution < 1.29 is 14.3 Å². The van der Waals surface area contributed by atoms with Gasteiger partial charge >= 0.3 is 6.09 Å². The van der Waals surface area contributed by atoms with Gasteiger partial charge in [-0.15, -0.1) is 0 Å². The molecule has 2 amide bonds. The van der Waals surface area contributed by atoms with Crippen LogP contribution in [0.1, 0.15) is 13.8 Å². The van der Waals surface area contributed by atoms with Gasteiger partial charge in [-0.2, -0.15) is 0 Å². The summed E-state index contributed by atoms with van der Waals surface area (Å²) >= 11 is 1.65. The molecule has 0 saturated carbocycles. The second-order valence-corrected chi connectivity index (χ2v) is 6.83. The van der Waals surface area contributed by atoms with Crippen molar-refractivity contribution in [2.24, 2.45) is 0 Å². The average molecular weight is 349 g/mol. The summed E-state index contributed by atoms with van der Waals surface area (Å²) < 4.78 is 7.44. The van der Waals surface area contributed by atoms with Crippen LogP contribution in [0.2, 0.25) is 0 Å². The van der Waals surface area contributed by atoms with E-state index in [1.807, 2.05) is 38.1 Å². The van der Waals surface area contributed by atoms with Gasteiger partial charge in [-0.25, -0.2) is 9.10 Å². The summed E-state index contributed by atoms with van der Waals surface area (Å²) in [5.41, 5.74) is 0.741. The van der Waals surface area contributed by atoms with E-state index in [2.05, 4.69) is 16.2 Å². The number of amides is 2. The topological polar surface area (TPSA) is 61.9 Å². The Balaban J connectivity index is 1.80. The Labute approximate surface area is 147 Å². The number of benzene rings is 1. The third-order valence-electron chi connectivity index (χ3n) is 3.38. The van der Waals surface area contributed by atoms with E-state index in [1.54, 1.807) is 16.8 Å². The van der Waals surface area contributed by atoms with Gasteiger partial charge in [-0.3, -0.25) is 4.79 Å². The van der Waals surface area contributed by atoms with Crippen LogP contribution in [-0.4, -0.2) is 53.5 Å². The lowest BCUT2D eigenvalue weighted by Crippen LogP contribution is -2.46. The zero-order valence-corrected chi connectivity index (χ0v) is 14.8. The van der Waals surface area contributed by atoms with Gasteiger partial charge in [0, 0.05) is 36.8 Å². The zero-order chi connectivity index (χ0) is 17.5. The van der Waals surface area contributed by atoms with Crippen LogP contribution < -0.4 is 5.32 Å². The predicted molar refractivity (Wildman–Crippen MR) is 95.9 cm³/mol. The van der Waals surface area contributed by atoms with Gasteiger partial charge in [0.2, 0.25) is 5.91 Å². The highest BCUT2D eigenvalue weighted by molar-refractivity contribution is 7.97. The standard InChI is InChI=1S/C17H23N3O3S/c1-4-16(21)18-14-5-7-15(8-6-14)24-20-11-9-19(10-12-20)17(22)23-13(2)3/h4-8,13H,1,9-12H2,2-3H3,(H,18,21). The molecule has 2 rings (SSSR count). The van der Waals surface area contributed by atoms with Gasteiger partial charge in [-0.1, -0.05) is 6.58 Å². The van der Waals surface area contributed by atoms with Crippen LogP contribution in [0.15, 0.2) is 41.8 Å². The molecule has 6 nitrogen and oxygen atoms in total. The molecular weight excluding hydrogens is 326 g/mol. The van der Waals surface area contributed by atoms with Crippen molar-refractivity contribution in [1.82, 2.24) is 9.21 Å². The SMILES string of the molecule is C=CC(=O)Nc1ccc(SN2CCN(C(=O)OC(C)C)CC2)cc1. The number of anilines is 1. The highest BCUT2D eigenvalue weighted by Gasteiger charge is 2.23. The monoisotopic (exact) mass is 349 g/mol. The Kier molecular flexibility index (Phi) is 6.69. The van der Waals surface area contributed by atoms with E-state index in [0.717, 1.165) is 23.7 Å². The highest BCUT2D eigenvalue weighted by Crippen LogP contribution is 2.25. The van der Waals surface area contributed by atoms with Crippen LogP contribution in [0, 0.1) is 0 Å². The first-order chi connectivity index (χ1) is 11.5. The molecule has 0 bridgehead atoms. The number of piperazine rings is 1. The zero-order valence-electron chi connectivity index (χ0n) is 14.0. The molecule has 0 spiro atoms. The quantitative estimate of drug-likeness (QED) is 0.654. The first kappa shape index (κ1) is 18.4. The van der Waals surface area contributed by atoms with E-state index in [-0.39, 0.29) is 18.1 Å². The van der Waals surface area contributed by atoms with Crippen molar-refractivity contribution in [1.29, 1.82) is 0 Å². The first-order valence-corrected chi connectivity index (χ1v) is 8.67. The van der Waals surface area contributed by atoms with Gasteiger partial charge in [0.25, 0.3) is 0 Å². The Morgan fingerprint density at radius 1 is 1.21 bits per heavy atom. The van der Waals surface area contributed by atoms with Crippen molar-refractivity contribution in [3.05, 3.63) is 36.9 Å². The smallest absolute Gasteiger partial charge is 0.410 e. The summed E-state index contributed by atoms with van der Waals surface area (Å²) in [6.07, 6.45) is 0.911. The lowest BCUT2D eigenvalue weighted by Gasteiger charge is -2.33. The lowest BCUT2D eigenvalue weighted by atomic mass is 10.3. The molecule has 1 N–H and O–H groups in total. The number of nitrogens with zero attached hydrogens (tertiary/aromatic N) is 2. The molecule has 130 valence electrons. The van der Waals surface area contributed by atoms with Gasteiger partial charge in [-0.05, 0) is 56.1 Å². The second-order valence-electron chi connectivity index (χ2n) is 5.66. The minimum atomic E-state index is -0.239. The molecule has 0 radical (unpaired) electrons. The summed E-state index contributed by atoms with van der Waals surface area (Å²) in [4.78, 5) is 25.9. The molecule has 0 aromatic heterocycles. The molecule has 0 unspecified atom stereocenters. The highest BCUT2D eigenvalue weighted by atomic mass is 32.2. The van der Waals surface area contributed by atoms with Crippen LogP contribution in [-0.2, 0) is 9.53 Å². The lowest BCUT2D eigenvalue weighted by molar-refractivity contribution is -0.111. The number of carbonyl (C=O) groups excluding carboxylic acids is 2. The summed E-state index contributed by atoms with van der Waals surface area (Å²) in [5, 5.41) is 2.72. The largest absolute Gasteiger partial charge is 0.447 e. The number of hydrogen-bond acceptors (Lipinski definition) is 5. The summed E-state index contributed by atoms with van der Waals surface area (Å²) in [5.74, 6) is -0.222. The molecule has 1 heterocycles. The fraction of sp³-hybridized carbons (Fsp3) is 0.412. The van der Waals surface area contributed by atoms with Crippen LogP contribution in [0.25, 0.3) is 0 Å². The number of hydrogen-bond donors (Lipinski definition) is 1. The van der Waals surface area contributed by atoms with Crippen LogP contribution in [0.4, 0.5) is 10.5 Å². The van der Waals surface area contributed by atoms with Crippen molar-refractivity contribution in [2.45, 2.75) is 24.8 Å². The number of nitrogens with one attached hydrogen (secondary N) is 1. The van der Waals surface area contributed by atoms with E-state index < -0.39 is 0 Å². The van der Waals surface area contributed by atoms with Gasteiger partial charge in [0.05, 0.1) is 6.10 Å². The van der Waals surface area contributed by atoms with Crippen molar-refractivity contribution in [2.75, 3.05) is 31.5 Å². The normalized spacial score (nSPS) is 15.2. The third-order valence-corrected chi connectivity index (χ3v) is 4.48. The van der Waals surface area contributed by atoms with Gasteiger partial charge in [0.1, 0.15) is 0 Å². The molecule has 1 aromatic carbocycles. The Morgan fingerprint density at radius 3 is 2.38 bits per heavy atom. The number of ether oxygens (including phenoxy) is 1. The van der Waals surface area contributed by atoms with E-state index in [9.17, 15) is 9.59 Å². The maximum Gasteiger partial charge on any atom is 0.410 e. The minimum absolute atomic E-state index is 0.0926. The molecule has 1 fully saturated rings. The molecule has 1 aliphatic heterocycles. The summed E-state index contributed by atoms with van der Waals surface area (Å²) in [6.45, 7) is 10.0. The van der Waals surface area contributed by atoms with Crippen molar-refractivity contribution >= 4 is 29.6 Å². The summed E-state index contributed by atoms with van der Waals surface area (Å²) in [6, 6.07) is 7.64. The van der Waals surface area contributed by atoms with Crippen molar-refractivity contribution in [3.8, 4) is 0 Å². The fourth-order valence-corrected chi connectivity index (χ4v) is 3.08. The molecule has 1 aliphatic rings. The van der Waals surface area contributed by atoms with Crippen LogP contribution >= 0.6 is 11.9 Å². The van der Waals surface area contributed by atoms with E-state index in [4.69, 9.17) is 4.74 Å². The molecular formula is C17H23N3O3S. The molecule has 0 atom stereocenters. The molecule has 7 heteroatoms. The Bertz CT molecular complexity index is 581. The predicted octanol–water partition coefficient (Wildman–Crippen LogP) is 2.98. The summed E-state index contributed by atoms with van der Waals surface area (Å²) in [7, 11) is 0. The second kappa shape index (κ2) is 8.75. The average Bonchev–Trinajstić information content (AvgIpc) is 2.56. The molecule has 0 aliphatic carbocycles. The van der Waals surface area contributed by atoms with Gasteiger partial charge in [0.15, 0.2) is 0 Å². The number of carbonyl (C=O) groups is 2. The van der Waals surface area contributed by atoms with Gasteiger partial charge < -0.3 is 15.0 Å². The van der Waals surface area contributed by atoms with E-state index >= 15 is 0 Å². The Hall–Kier alpha value is -1.99. The minimum Gasteiger partial charge on any atom is -0.447 e. The number of rotatable bonds is 5. The van der Waals surface area contributed by atoms with Crippen LogP contribution in [0.5, 0.6) is 0 Å². The van der Waals surface area contributed by atoms with Crippen molar-refractivity contribution in [3.63, 3.8) is 0 Å². The fourth-order valence-electron chi connectivity index (χ4n) is 2.18. The molecule has 1 saturated heterocycles. The molecule has 24 heavy (non-hydrogen) atoms. The molecule has 1 aromatic rings. The maximum absolute atomic E-state index is 11.9.